The van der Waals surface area contributed by atoms with Gasteiger partial charge in [0.2, 0.25) is 0 Å². The van der Waals surface area contributed by atoms with Gasteiger partial charge in [-0.25, -0.2) is 0 Å². The zero-order chi connectivity index (χ0) is 11.0. The Hall–Kier alpha value is 0.480. The maximum absolute atomic E-state index is 3.90. The maximum atomic E-state index is 3.90. The fourth-order valence-electron chi connectivity index (χ4n) is 2.53. The molecule has 0 unspecified atom stereocenters. The van der Waals surface area contributed by atoms with Gasteiger partial charge < -0.3 is 0 Å². The molecule has 1 saturated carbocycles. The number of alkyl halides is 1. The molecule has 0 bridgehead atoms. The van der Waals surface area contributed by atoms with Crippen LogP contribution in [0.15, 0.2) is 0 Å². The summed E-state index contributed by atoms with van der Waals surface area (Å²) < 4.78 is 0.432. The summed E-state index contributed by atoms with van der Waals surface area (Å²) in [5.41, 5.74) is 0. The molecule has 15 heavy (non-hydrogen) atoms. The van der Waals surface area contributed by atoms with Crippen LogP contribution in [-0.4, -0.2) is 4.32 Å². The fraction of sp³-hybridized carbons (Fsp3) is 1.00. The molecular weight excluding hydrogens is 248 g/mol. The van der Waals surface area contributed by atoms with Crippen molar-refractivity contribution in [2.75, 3.05) is 0 Å². The minimum absolute atomic E-state index is 0.432. The summed E-state index contributed by atoms with van der Waals surface area (Å²) in [5.74, 6) is 0. The van der Waals surface area contributed by atoms with Crippen molar-refractivity contribution in [1.29, 1.82) is 0 Å². The van der Waals surface area contributed by atoms with Crippen molar-refractivity contribution in [3.05, 3.63) is 0 Å². The third kappa shape index (κ3) is 7.38. The zero-order valence-electron chi connectivity index (χ0n) is 10.4. The van der Waals surface area contributed by atoms with Gasteiger partial charge in [-0.1, -0.05) is 80.1 Å². The first-order chi connectivity index (χ1) is 7.21. The molecule has 0 heterocycles. The largest absolute Gasteiger partial charge is 0.0856 e. The molecule has 0 radical (unpaired) electrons. The number of rotatable bonds is 0. The minimum atomic E-state index is 0.432. The van der Waals surface area contributed by atoms with Gasteiger partial charge in [-0.05, 0) is 19.8 Å². The predicted octanol–water partition coefficient (Wildman–Crippen LogP) is 5.83. The Morgan fingerprint density at radius 1 is 0.600 bits per heavy atom. The van der Waals surface area contributed by atoms with Crippen LogP contribution in [0, 0.1) is 0 Å². The lowest BCUT2D eigenvalue weighted by Crippen LogP contribution is -2.15. The number of hydrogen-bond acceptors (Lipinski definition) is 0. The molecule has 0 saturated heterocycles. The lowest BCUT2D eigenvalue weighted by atomic mass is 9.96. The Morgan fingerprint density at radius 3 is 1.20 bits per heavy atom. The SMILES string of the molecule is CC1(Br)CCCCCCCCCCCC1. The third-order valence-corrected chi connectivity index (χ3v) is 4.44. The fourth-order valence-corrected chi connectivity index (χ4v) is 3.09. The van der Waals surface area contributed by atoms with E-state index in [1.807, 2.05) is 0 Å². The second-order valence-electron chi connectivity index (χ2n) is 5.45. The van der Waals surface area contributed by atoms with Crippen LogP contribution >= 0.6 is 15.9 Å². The predicted molar refractivity (Wildman–Crippen MR) is 72.7 cm³/mol. The van der Waals surface area contributed by atoms with E-state index < -0.39 is 0 Å². The van der Waals surface area contributed by atoms with Crippen molar-refractivity contribution in [1.82, 2.24) is 0 Å². The van der Waals surface area contributed by atoms with Gasteiger partial charge in [0, 0.05) is 4.32 Å². The molecule has 0 atom stereocenters. The van der Waals surface area contributed by atoms with Crippen LogP contribution in [-0.2, 0) is 0 Å². The van der Waals surface area contributed by atoms with Crippen molar-refractivity contribution >= 4 is 15.9 Å². The summed E-state index contributed by atoms with van der Waals surface area (Å²) in [6.07, 6.45) is 17.3. The molecule has 0 nitrogen and oxygen atoms in total. The highest BCUT2D eigenvalue weighted by Gasteiger charge is 2.18. The van der Waals surface area contributed by atoms with Gasteiger partial charge in [-0.3, -0.25) is 0 Å². The lowest BCUT2D eigenvalue weighted by Gasteiger charge is -2.22. The van der Waals surface area contributed by atoms with Gasteiger partial charge in [-0.15, -0.1) is 0 Å². The maximum Gasteiger partial charge on any atom is 0.0229 e. The van der Waals surface area contributed by atoms with E-state index >= 15 is 0 Å². The second kappa shape index (κ2) is 7.70. The molecule has 1 aliphatic rings. The van der Waals surface area contributed by atoms with Gasteiger partial charge in [0.25, 0.3) is 0 Å². The van der Waals surface area contributed by atoms with Crippen molar-refractivity contribution in [3.8, 4) is 0 Å². The van der Waals surface area contributed by atoms with Gasteiger partial charge in [-0.2, -0.15) is 0 Å². The Labute approximate surface area is 104 Å². The molecule has 1 rings (SSSR count). The topological polar surface area (TPSA) is 0 Å². The van der Waals surface area contributed by atoms with Crippen molar-refractivity contribution in [2.24, 2.45) is 0 Å². The van der Waals surface area contributed by atoms with Crippen molar-refractivity contribution in [2.45, 2.75) is 88.3 Å². The first kappa shape index (κ1) is 13.5. The van der Waals surface area contributed by atoms with Gasteiger partial charge in [0.15, 0.2) is 0 Å². The average Bonchev–Trinajstić information content (AvgIpc) is 2.20. The molecule has 0 N–H and O–H groups in total. The molecule has 0 amide bonds. The molecule has 0 aromatic rings. The van der Waals surface area contributed by atoms with Crippen LogP contribution in [0.2, 0.25) is 0 Å². The van der Waals surface area contributed by atoms with E-state index in [4.69, 9.17) is 0 Å². The molecule has 90 valence electrons. The zero-order valence-corrected chi connectivity index (χ0v) is 11.9. The van der Waals surface area contributed by atoms with Crippen LogP contribution < -0.4 is 0 Å². The number of halogens is 1. The molecule has 1 fully saturated rings. The quantitative estimate of drug-likeness (QED) is 0.487. The smallest absolute Gasteiger partial charge is 0.0229 e. The minimum Gasteiger partial charge on any atom is -0.0856 e. The van der Waals surface area contributed by atoms with Crippen molar-refractivity contribution < 1.29 is 0 Å². The van der Waals surface area contributed by atoms with Gasteiger partial charge >= 0.3 is 0 Å². The van der Waals surface area contributed by atoms with E-state index in [0.29, 0.717) is 4.32 Å². The molecule has 1 aliphatic carbocycles. The van der Waals surface area contributed by atoms with E-state index in [1.54, 1.807) is 0 Å². The summed E-state index contributed by atoms with van der Waals surface area (Å²) in [6, 6.07) is 0. The molecule has 0 aliphatic heterocycles. The van der Waals surface area contributed by atoms with Gasteiger partial charge in [0.05, 0.1) is 0 Å². The Balaban J connectivity index is 2.24. The summed E-state index contributed by atoms with van der Waals surface area (Å²) >= 11 is 3.90. The Bertz CT molecular complexity index is 135. The summed E-state index contributed by atoms with van der Waals surface area (Å²) in [5, 5.41) is 0. The average molecular weight is 275 g/mol. The van der Waals surface area contributed by atoms with E-state index in [0.717, 1.165) is 0 Å². The summed E-state index contributed by atoms with van der Waals surface area (Å²) in [6.45, 7) is 2.38. The van der Waals surface area contributed by atoms with E-state index in [-0.39, 0.29) is 0 Å². The Morgan fingerprint density at radius 2 is 0.867 bits per heavy atom. The highest BCUT2D eigenvalue weighted by molar-refractivity contribution is 9.10. The Kier molecular flexibility index (Phi) is 6.96. The van der Waals surface area contributed by atoms with Gasteiger partial charge in [0.1, 0.15) is 0 Å². The van der Waals surface area contributed by atoms with E-state index in [1.165, 1.54) is 77.0 Å². The standard InChI is InChI=1S/C14H27Br/c1-14(15)12-10-8-6-4-2-3-5-7-9-11-13-14/h2-13H2,1H3. The van der Waals surface area contributed by atoms with Crippen molar-refractivity contribution in [3.63, 3.8) is 0 Å². The number of hydrogen-bond donors (Lipinski definition) is 0. The van der Waals surface area contributed by atoms with Crippen LogP contribution in [0.1, 0.15) is 84.0 Å². The highest BCUT2D eigenvalue weighted by atomic mass is 79.9. The molecule has 0 spiro atoms. The van der Waals surface area contributed by atoms with Crippen LogP contribution in [0.5, 0.6) is 0 Å². The first-order valence-corrected chi connectivity index (χ1v) is 7.69. The van der Waals surface area contributed by atoms with Crippen LogP contribution in [0.4, 0.5) is 0 Å². The molecule has 0 aromatic carbocycles. The monoisotopic (exact) mass is 274 g/mol. The summed E-state index contributed by atoms with van der Waals surface area (Å²) in [4.78, 5) is 0. The normalized spacial score (nSPS) is 26.0. The third-order valence-electron chi connectivity index (χ3n) is 3.65. The molecule has 1 heteroatoms. The van der Waals surface area contributed by atoms with Crippen LogP contribution in [0.3, 0.4) is 0 Å². The first-order valence-electron chi connectivity index (χ1n) is 6.90. The molecule has 0 aromatic heterocycles. The van der Waals surface area contributed by atoms with Crippen LogP contribution in [0.25, 0.3) is 0 Å². The molecular formula is C14H27Br. The van der Waals surface area contributed by atoms with E-state index in [9.17, 15) is 0 Å². The highest BCUT2D eigenvalue weighted by Crippen LogP contribution is 2.31. The van der Waals surface area contributed by atoms with E-state index in [2.05, 4.69) is 22.9 Å². The summed E-state index contributed by atoms with van der Waals surface area (Å²) in [7, 11) is 0. The second-order valence-corrected chi connectivity index (χ2v) is 7.36. The lowest BCUT2D eigenvalue weighted by molar-refractivity contribution is 0.485.